The Bertz CT molecular complexity index is 699. The maximum atomic E-state index is 2.47. The molecule has 0 saturated heterocycles. The van der Waals surface area contributed by atoms with Crippen LogP contribution < -0.4 is 0 Å². The second kappa shape index (κ2) is 7.17. The van der Waals surface area contributed by atoms with Crippen molar-refractivity contribution in [1.29, 1.82) is 0 Å². The molecule has 0 spiro atoms. The van der Waals surface area contributed by atoms with Gasteiger partial charge in [-0.15, -0.1) is 0 Å². The number of fused-ring (bicyclic) bond motifs is 1. The van der Waals surface area contributed by atoms with Crippen molar-refractivity contribution in [3.05, 3.63) is 64.2 Å². The number of hydrogen-bond acceptors (Lipinski definition) is 2. The van der Waals surface area contributed by atoms with Gasteiger partial charge in [0.25, 0.3) is 0 Å². The maximum Gasteiger partial charge on any atom is 0.0670 e. The molecule has 0 N–H and O–H groups in total. The molecule has 24 heavy (non-hydrogen) atoms. The fourth-order valence-electron chi connectivity index (χ4n) is 3.44. The molecule has 0 bridgehead atoms. The van der Waals surface area contributed by atoms with Crippen LogP contribution in [-0.4, -0.2) is 0 Å². The van der Waals surface area contributed by atoms with Crippen LogP contribution in [-0.2, 0) is 0 Å². The van der Waals surface area contributed by atoms with Crippen LogP contribution in [0.4, 0.5) is 0 Å². The number of rotatable bonds is 4. The molecule has 0 radical (unpaired) electrons. The van der Waals surface area contributed by atoms with Crippen LogP contribution in [0.5, 0.6) is 0 Å². The van der Waals surface area contributed by atoms with Gasteiger partial charge in [-0.2, -0.15) is 0 Å². The van der Waals surface area contributed by atoms with Crippen molar-refractivity contribution in [2.45, 2.75) is 69.4 Å². The highest BCUT2D eigenvalue weighted by Crippen LogP contribution is 2.58. The van der Waals surface area contributed by atoms with E-state index in [1.165, 1.54) is 16.0 Å². The average molecular weight is 357 g/mol. The summed E-state index contributed by atoms with van der Waals surface area (Å²) in [6.45, 7) is 14.0. The Balaban J connectivity index is 2.23. The van der Waals surface area contributed by atoms with Gasteiger partial charge in [0.05, 0.1) is 5.25 Å². The Labute approximate surface area is 155 Å². The maximum absolute atomic E-state index is 2.47. The Hall–Kier alpha value is -0.860. The van der Waals surface area contributed by atoms with E-state index in [9.17, 15) is 0 Å². The molecule has 0 aliphatic carbocycles. The van der Waals surface area contributed by atoms with Gasteiger partial charge in [0.1, 0.15) is 0 Å². The van der Waals surface area contributed by atoms with Crippen LogP contribution >= 0.6 is 21.6 Å². The molecule has 2 aromatic rings. The molecule has 0 amide bonds. The topological polar surface area (TPSA) is 0 Å². The van der Waals surface area contributed by atoms with Crippen molar-refractivity contribution in [2.75, 3.05) is 0 Å². The van der Waals surface area contributed by atoms with Crippen molar-refractivity contribution in [2.24, 2.45) is 0 Å². The Kier molecular flexibility index (Phi) is 5.36. The summed E-state index contributed by atoms with van der Waals surface area (Å²) in [6.07, 6.45) is 0. The molecule has 3 rings (SSSR count). The molecule has 0 aromatic heterocycles. The third-order valence-corrected chi connectivity index (χ3v) is 7.61. The number of hydrogen-bond donors (Lipinski definition) is 0. The lowest BCUT2D eigenvalue weighted by Crippen LogP contribution is -2.09. The third kappa shape index (κ3) is 3.28. The molecule has 1 unspecified atom stereocenters. The molecule has 1 heterocycles. The van der Waals surface area contributed by atoms with Gasteiger partial charge in [0.15, 0.2) is 0 Å². The van der Waals surface area contributed by atoms with Crippen LogP contribution in [0.3, 0.4) is 0 Å². The quantitative estimate of drug-likeness (QED) is 0.511. The summed E-state index contributed by atoms with van der Waals surface area (Å²) in [4.78, 5) is 1.44. The third-order valence-electron chi connectivity index (χ3n) is 4.87. The van der Waals surface area contributed by atoms with E-state index < -0.39 is 0 Å². The van der Waals surface area contributed by atoms with Gasteiger partial charge in [-0.05, 0) is 51.6 Å². The molecule has 1 aliphatic rings. The Morgan fingerprint density at radius 2 is 1.38 bits per heavy atom. The molecule has 2 heteroatoms. The van der Waals surface area contributed by atoms with Crippen molar-refractivity contribution < 1.29 is 0 Å². The van der Waals surface area contributed by atoms with Gasteiger partial charge in [0.2, 0.25) is 0 Å². The normalized spacial score (nSPS) is 17.1. The first kappa shape index (κ1) is 17.9. The minimum atomic E-state index is 0.460. The van der Waals surface area contributed by atoms with Gasteiger partial charge in [-0.1, -0.05) is 93.5 Å². The monoisotopic (exact) mass is 356 g/mol. The summed E-state index contributed by atoms with van der Waals surface area (Å²) < 4.78 is 0. The van der Waals surface area contributed by atoms with Gasteiger partial charge in [-0.25, -0.2) is 0 Å². The molecule has 2 aromatic carbocycles. The van der Waals surface area contributed by atoms with Gasteiger partial charge >= 0.3 is 0 Å². The van der Waals surface area contributed by atoms with E-state index >= 15 is 0 Å². The zero-order valence-corrected chi connectivity index (χ0v) is 17.2. The Morgan fingerprint density at radius 1 is 0.792 bits per heavy atom. The van der Waals surface area contributed by atoms with Crippen LogP contribution in [0.15, 0.2) is 41.3 Å². The lowest BCUT2D eigenvalue weighted by atomic mass is 9.82. The lowest BCUT2D eigenvalue weighted by Gasteiger charge is -2.26. The van der Waals surface area contributed by atoms with Crippen LogP contribution in [0.1, 0.15) is 92.4 Å². The second-order valence-electron chi connectivity index (χ2n) is 7.67. The van der Waals surface area contributed by atoms with E-state index in [0.717, 1.165) is 0 Å². The van der Waals surface area contributed by atoms with Crippen molar-refractivity contribution in [3.8, 4) is 0 Å². The molecule has 1 atom stereocenters. The smallest absolute Gasteiger partial charge is 0.0670 e. The number of benzene rings is 2. The standard InChI is InChI=1S/C22H28S2/c1-13(2)16-11-18(14(3)4)21(19(12-16)15(5)6)22-17-9-7-8-10-20(17)23-24-22/h7-15,22H,1-6H3. The summed E-state index contributed by atoms with van der Waals surface area (Å²) >= 11 is 0. The summed E-state index contributed by atoms with van der Waals surface area (Å²) in [5.41, 5.74) is 7.63. The second-order valence-corrected chi connectivity index (χ2v) is 10.0. The van der Waals surface area contributed by atoms with E-state index in [1.807, 2.05) is 21.6 Å². The van der Waals surface area contributed by atoms with Gasteiger partial charge in [0, 0.05) is 4.90 Å². The fourth-order valence-corrected chi connectivity index (χ4v) is 6.47. The molecule has 0 fully saturated rings. The molecular formula is C22H28S2. The first-order valence-corrected chi connectivity index (χ1v) is 11.2. The lowest BCUT2D eigenvalue weighted by molar-refractivity contribution is 0.780. The van der Waals surface area contributed by atoms with Crippen molar-refractivity contribution in [3.63, 3.8) is 0 Å². The predicted molar refractivity (Wildman–Crippen MR) is 110 cm³/mol. The summed E-state index contributed by atoms with van der Waals surface area (Å²) in [5, 5.41) is 0.460. The SMILES string of the molecule is CC(C)c1cc(C(C)C)c(C2SSc3ccccc32)c(C(C)C)c1. The van der Waals surface area contributed by atoms with E-state index in [4.69, 9.17) is 0 Å². The van der Waals surface area contributed by atoms with Gasteiger partial charge in [-0.3, -0.25) is 0 Å². The highest BCUT2D eigenvalue weighted by Gasteiger charge is 2.31. The highest BCUT2D eigenvalue weighted by atomic mass is 33.1. The molecular weight excluding hydrogens is 328 g/mol. The first-order chi connectivity index (χ1) is 11.4. The van der Waals surface area contributed by atoms with Crippen LogP contribution in [0, 0.1) is 0 Å². The van der Waals surface area contributed by atoms with Crippen LogP contribution in [0.2, 0.25) is 0 Å². The molecule has 128 valence electrons. The molecule has 0 nitrogen and oxygen atoms in total. The van der Waals surface area contributed by atoms with Crippen molar-refractivity contribution >= 4 is 21.6 Å². The van der Waals surface area contributed by atoms with Crippen LogP contribution in [0.25, 0.3) is 0 Å². The highest BCUT2D eigenvalue weighted by molar-refractivity contribution is 8.77. The largest absolute Gasteiger partial charge is 0.0758 e. The minimum absolute atomic E-state index is 0.460. The first-order valence-electron chi connectivity index (χ1n) is 9.00. The average Bonchev–Trinajstić information content (AvgIpc) is 2.97. The summed E-state index contributed by atoms with van der Waals surface area (Å²) in [6, 6.07) is 13.9. The zero-order valence-electron chi connectivity index (χ0n) is 15.6. The van der Waals surface area contributed by atoms with Crippen molar-refractivity contribution in [1.82, 2.24) is 0 Å². The minimum Gasteiger partial charge on any atom is -0.0758 e. The Morgan fingerprint density at radius 3 is 1.92 bits per heavy atom. The summed E-state index contributed by atoms with van der Waals surface area (Å²) in [5.74, 6) is 1.68. The van der Waals surface area contributed by atoms with E-state index in [1.54, 1.807) is 16.7 Å². The van der Waals surface area contributed by atoms with E-state index in [-0.39, 0.29) is 0 Å². The van der Waals surface area contributed by atoms with Gasteiger partial charge < -0.3 is 0 Å². The molecule has 1 aliphatic heterocycles. The summed E-state index contributed by atoms with van der Waals surface area (Å²) in [7, 11) is 3.96. The van der Waals surface area contributed by atoms with E-state index in [2.05, 4.69) is 77.9 Å². The van der Waals surface area contributed by atoms with E-state index in [0.29, 0.717) is 23.0 Å². The zero-order chi connectivity index (χ0) is 17.4. The fraction of sp³-hybridized carbons (Fsp3) is 0.455. The predicted octanol–water partition coefficient (Wildman–Crippen LogP) is 7.90. The molecule has 0 saturated carbocycles.